The molecule has 0 bridgehead atoms. The van der Waals surface area contributed by atoms with E-state index in [0.29, 0.717) is 5.75 Å². The third-order valence-corrected chi connectivity index (χ3v) is 2.71. The number of rotatable bonds is 5. The fourth-order valence-electron chi connectivity index (χ4n) is 1.40. The largest absolute Gasteiger partial charge is 0.490 e. The number of carboxylic acid groups (broad SMARTS) is 1. The number of carbonyl (C=O) groups is 1. The quantitative estimate of drug-likeness (QED) is 0.921. The third kappa shape index (κ3) is 3.33. The molecule has 1 aromatic heterocycles. The predicted octanol–water partition coefficient (Wildman–Crippen LogP) is 2.49. The Hall–Kier alpha value is -1.82. The number of ether oxygens (including phenoxy) is 1. The molecule has 0 spiro atoms. The molecular formula is C12H11BrN2O3. The smallest absolute Gasteiger partial charge is 0.306 e. The summed E-state index contributed by atoms with van der Waals surface area (Å²) in [4.78, 5) is 10.3. The first-order valence-electron chi connectivity index (χ1n) is 5.30. The number of benzene rings is 1. The van der Waals surface area contributed by atoms with E-state index in [1.807, 2.05) is 24.3 Å². The summed E-state index contributed by atoms with van der Waals surface area (Å²) in [5, 5.41) is 12.6. The molecule has 0 radical (unpaired) electrons. The minimum absolute atomic E-state index is 0.0257. The maximum Gasteiger partial charge on any atom is 0.306 e. The first kappa shape index (κ1) is 12.6. The second kappa shape index (κ2) is 5.68. The van der Waals surface area contributed by atoms with Crippen LogP contribution >= 0.6 is 15.9 Å². The second-order valence-corrected chi connectivity index (χ2v) is 4.51. The van der Waals surface area contributed by atoms with Crippen molar-refractivity contribution < 1.29 is 14.6 Å². The summed E-state index contributed by atoms with van der Waals surface area (Å²) < 4.78 is 7.90. The van der Waals surface area contributed by atoms with Crippen molar-refractivity contribution in [3.05, 3.63) is 41.1 Å². The van der Waals surface area contributed by atoms with Gasteiger partial charge in [0.05, 0.1) is 31.1 Å². The van der Waals surface area contributed by atoms with Gasteiger partial charge in [0.25, 0.3) is 0 Å². The van der Waals surface area contributed by atoms with Crippen molar-refractivity contribution in [3.8, 4) is 11.4 Å². The van der Waals surface area contributed by atoms with E-state index in [1.54, 1.807) is 17.1 Å². The van der Waals surface area contributed by atoms with Crippen LogP contribution in [0.5, 0.6) is 5.75 Å². The molecule has 2 aromatic rings. The fourth-order valence-corrected chi connectivity index (χ4v) is 1.78. The van der Waals surface area contributed by atoms with E-state index < -0.39 is 5.97 Å². The summed E-state index contributed by atoms with van der Waals surface area (Å²) in [6, 6.07) is 7.68. The molecule has 0 saturated heterocycles. The highest BCUT2D eigenvalue weighted by Gasteiger charge is 2.03. The number of aromatic nitrogens is 2. The van der Waals surface area contributed by atoms with Gasteiger partial charge in [-0.25, -0.2) is 4.68 Å². The van der Waals surface area contributed by atoms with Gasteiger partial charge in [-0.1, -0.05) is 22.0 Å². The Bertz CT molecular complexity index is 554. The van der Waals surface area contributed by atoms with E-state index in [2.05, 4.69) is 21.0 Å². The molecule has 1 aromatic carbocycles. The number of nitrogens with zero attached hydrogens (tertiary/aromatic N) is 2. The van der Waals surface area contributed by atoms with Crippen LogP contribution in [-0.2, 0) is 4.79 Å². The third-order valence-electron chi connectivity index (χ3n) is 2.22. The lowest BCUT2D eigenvalue weighted by Gasteiger charge is -2.01. The molecule has 5 nitrogen and oxygen atoms in total. The first-order chi connectivity index (χ1) is 8.65. The Morgan fingerprint density at radius 3 is 3.06 bits per heavy atom. The summed E-state index contributed by atoms with van der Waals surface area (Å²) >= 11 is 3.39. The van der Waals surface area contributed by atoms with E-state index >= 15 is 0 Å². The molecule has 18 heavy (non-hydrogen) atoms. The van der Waals surface area contributed by atoms with Gasteiger partial charge in [0.15, 0.2) is 5.75 Å². The summed E-state index contributed by atoms with van der Waals surface area (Å²) in [5.74, 6) is -0.328. The molecule has 0 fully saturated rings. The van der Waals surface area contributed by atoms with Crippen LogP contribution in [0.2, 0.25) is 0 Å². The van der Waals surface area contributed by atoms with Gasteiger partial charge in [0.1, 0.15) is 0 Å². The van der Waals surface area contributed by atoms with Crippen LogP contribution < -0.4 is 4.74 Å². The fraction of sp³-hybridized carbons (Fsp3) is 0.167. The number of aliphatic carboxylic acids is 1. The van der Waals surface area contributed by atoms with Crippen molar-refractivity contribution in [2.75, 3.05) is 6.61 Å². The van der Waals surface area contributed by atoms with Gasteiger partial charge in [0.2, 0.25) is 0 Å². The zero-order valence-corrected chi connectivity index (χ0v) is 11.0. The van der Waals surface area contributed by atoms with E-state index in [-0.39, 0.29) is 13.0 Å². The number of hydrogen-bond donors (Lipinski definition) is 1. The zero-order chi connectivity index (χ0) is 13.0. The van der Waals surface area contributed by atoms with E-state index in [4.69, 9.17) is 9.84 Å². The first-order valence-corrected chi connectivity index (χ1v) is 6.09. The van der Waals surface area contributed by atoms with Crippen molar-refractivity contribution in [1.29, 1.82) is 0 Å². The molecule has 0 saturated carbocycles. The molecule has 0 atom stereocenters. The number of halogens is 1. The van der Waals surface area contributed by atoms with Crippen LogP contribution in [-0.4, -0.2) is 27.5 Å². The van der Waals surface area contributed by atoms with Gasteiger partial charge in [0, 0.05) is 4.47 Å². The molecule has 1 heterocycles. The summed E-state index contributed by atoms with van der Waals surface area (Å²) in [6.07, 6.45) is 3.24. The topological polar surface area (TPSA) is 64.3 Å². The van der Waals surface area contributed by atoms with Crippen molar-refractivity contribution in [2.45, 2.75) is 6.42 Å². The van der Waals surface area contributed by atoms with E-state index in [9.17, 15) is 4.79 Å². The van der Waals surface area contributed by atoms with E-state index in [1.165, 1.54) is 0 Å². The highest BCUT2D eigenvalue weighted by molar-refractivity contribution is 9.10. The molecular weight excluding hydrogens is 300 g/mol. The monoisotopic (exact) mass is 310 g/mol. The Morgan fingerprint density at radius 2 is 2.33 bits per heavy atom. The lowest BCUT2D eigenvalue weighted by molar-refractivity contribution is -0.137. The minimum Gasteiger partial charge on any atom is -0.490 e. The number of hydrogen-bond acceptors (Lipinski definition) is 3. The van der Waals surface area contributed by atoms with Crippen molar-refractivity contribution in [3.63, 3.8) is 0 Å². The van der Waals surface area contributed by atoms with Crippen molar-refractivity contribution in [2.24, 2.45) is 0 Å². The van der Waals surface area contributed by atoms with Gasteiger partial charge < -0.3 is 9.84 Å². The predicted molar refractivity (Wildman–Crippen MR) is 69.0 cm³/mol. The van der Waals surface area contributed by atoms with E-state index in [0.717, 1.165) is 10.2 Å². The maximum atomic E-state index is 10.3. The van der Waals surface area contributed by atoms with Crippen LogP contribution in [0.4, 0.5) is 0 Å². The Labute approximate surface area is 112 Å². The summed E-state index contributed by atoms with van der Waals surface area (Å²) in [7, 11) is 0. The SMILES string of the molecule is O=C(O)CCOc1cnn(-c2cccc(Br)c2)c1. The highest BCUT2D eigenvalue weighted by atomic mass is 79.9. The molecule has 94 valence electrons. The average Bonchev–Trinajstić information content (AvgIpc) is 2.77. The minimum atomic E-state index is -0.880. The normalized spacial score (nSPS) is 10.3. The van der Waals surface area contributed by atoms with Crippen LogP contribution in [0, 0.1) is 0 Å². The molecule has 2 rings (SSSR count). The average molecular weight is 311 g/mol. The molecule has 0 amide bonds. The number of carboxylic acids is 1. The van der Waals surface area contributed by atoms with Crippen LogP contribution in [0.25, 0.3) is 5.69 Å². The van der Waals surface area contributed by atoms with Gasteiger partial charge >= 0.3 is 5.97 Å². The second-order valence-electron chi connectivity index (χ2n) is 3.59. The zero-order valence-electron chi connectivity index (χ0n) is 9.41. The van der Waals surface area contributed by atoms with Gasteiger partial charge in [-0.05, 0) is 18.2 Å². The Morgan fingerprint density at radius 1 is 1.50 bits per heavy atom. The molecule has 0 unspecified atom stereocenters. The lowest BCUT2D eigenvalue weighted by Crippen LogP contribution is -2.04. The van der Waals surface area contributed by atoms with Gasteiger partial charge in [-0.15, -0.1) is 0 Å². The lowest BCUT2D eigenvalue weighted by atomic mass is 10.3. The molecule has 0 aliphatic carbocycles. The van der Waals surface area contributed by atoms with Crippen molar-refractivity contribution in [1.82, 2.24) is 9.78 Å². The van der Waals surface area contributed by atoms with Crippen LogP contribution in [0.15, 0.2) is 41.1 Å². The van der Waals surface area contributed by atoms with Gasteiger partial charge in [-0.2, -0.15) is 5.10 Å². The van der Waals surface area contributed by atoms with Gasteiger partial charge in [-0.3, -0.25) is 4.79 Å². The summed E-state index contributed by atoms with van der Waals surface area (Å²) in [5.41, 5.74) is 0.900. The Balaban J connectivity index is 2.04. The Kier molecular flexibility index (Phi) is 3.99. The molecule has 6 heteroatoms. The maximum absolute atomic E-state index is 10.3. The van der Waals surface area contributed by atoms with Crippen molar-refractivity contribution >= 4 is 21.9 Å². The van der Waals surface area contributed by atoms with Crippen LogP contribution in [0.1, 0.15) is 6.42 Å². The molecule has 0 aliphatic heterocycles. The standard InChI is InChI=1S/C12H11BrN2O3/c13-9-2-1-3-10(6-9)15-8-11(7-14-15)18-5-4-12(16)17/h1-3,6-8H,4-5H2,(H,16,17). The molecule has 0 aliphatic rings. The highest BCUT2D eigenvalue weighted by Crippen LogP contribution is 2.17. The van der Waals surface area contributed by atoms with Crippen LogP contribution in [0.3, 0.4) is 0 Å². The summed E-state index contributed by atoms with van der Waals surface area (Å²) in [6.45, 7) is 0.138. The molecule has 1 N–H and O–H groups in total.